The van der Waals surface area contributed by atoms with Gasteiger partial charge < -0.3 is 9.32 Å². The van der Waals surface area contributed by atoms with Crippen molar-refractivity contribution in [1.82, 2.24) is 4.90 Å². The first kappa shape index (κ1) is 18.2. The molecule has 0 radical (unpaired) electrons. The maximum atomic E-state index is 13.3. The van der Waals surface area contributed by atoms with Crippen LogP contribution in [0.25, 0.3) is 11.0 Å². The van der Waals surface area contributed by atoms with Crippen molar-refractivity contribution in [2.45, 2.75) is 32.2 Å². The average Bonchev–Trinajstić information content (AvgIpc) is 2.94. The van der Waals surface area contributed by atoms with Crippen molar-refractivity contribution in [3.8, 4) is 0 Å². The predicted octanol–water partition coefficient (Wildman–Crippen LogP) is 4.82. The van der Waals surface area contributed by atoms with Crippen LogP contribution in [-0.2, 0) is 5.41 Å². The molecule has 1 aromatic heterocycles. The van der Waals surface area contributed by atoms with Crippen molar-refractivity contribution in [3.05, 3.63) is 93.9 Å². The van der Waals surface area contributed by atoms with Gasteiger partial charge in [0, 0.05) is 6.54 Å². The summed E-state index contributed by atoms with van der Waals surface area (Å²) >= 11 is 0. The van der Waals surface area contributed by atoms with E-state index in [0.717, 1.165) is 5.56 Å². The van der Waals surface area contributed by atoms with Gasteiger partial charge in [-0.1, -0.05) is 63.2 Å². The Morgan fingerprint density at radius 1 is 1.07 bits per heavy atom. The minimum atomic E-state index is -0.477. The molecule has 2 aromatic carbocycles. The highest BCUT2D eigenvalue weighted by atomic mass is 16.3. The third-order valence-electron chi connectivity index (χ3n) is 5.29. The highest BCUT2D eigenvalue weighted by molar-refractivity contribution is 5.99. The lowest BCUT2D eigenvalue weighted by Crippen LogP contribution is -2.29. The van der Waals surface area contributed by atoms with Crippen LogP contribution in [0.15, 0.2) is 70.4 Å². The van der Waals surface area contributed by atoms with E-state index in [4.69, 9.17) is 4.42 Å². The molecule has 142 valence electrons. The molecule has 4 nitrogen and oxygen atoms in total. The zero-order valence-corrected chi connectivity index (χ0v) is 16.4. The molecule has 0 aliphatic carbocycles. The lowest BCUT2D eigenvalue weighted by Gasteiger charge is -2.25. The number of carbonyl (C=O) groups is 1. The van der Waals surface area contributed by atoms with Gasteiger partial charge >= 0.3 is 0 Å². The fraction of sp³-hybridized carbons (Fsp3) is 0.250. The van der Waals surface area contributed by atoms with E-state index in [0.29, 0.717) is 23.1 Å². The lowest BCUT2D eigenvalue weighted by atomic mass is 9.86. The second-order valence-corrected chi connectivity index (χ2v) is 8.19. The van der Waals surface area contributed by atoms with Gasteiger partial charge in [-0.2, -0.15) is 0 Å². The molecule has 0 saturated carbocycles. The van der Waals surface area contributed by atoms with E-state index in [1.165, 1.54) is 5.56 Å². The van der Waals surface area contributed by atoms with E-state index in [1.54, 1.807) is 35.2 Å². The van der Waals surface area contributed by atoms with Crippen LogP contribution in [0.1, 0.15) is 54.1 Å². The number of nitrogens with zero attached hydrogens (tertiary/aromatic N) is 1. The Bertz CT molecular complexity index is 1130. The Morgan fingerprint density at radius 3 is 2.39 bits per heavy atom. The van der Waals surface area contributed by atoms with E-state index < -0.39 is 6.04 Å². The van der Waals surface area contributed by atoms with Gasteiger partial charge in [0.1, 0.15) is 5.58 Å². The molecule has 0 saturated heterocycles. The smallest absolute Gasteiger partial charge is 0.291 e. The van der Waals surface area contributed by atoms with Crippen molar-refractivity contribution < 1.29 is 9.21 Å². The van der Waals surface area contributed by atoms with Crippen LogP contribution < -0.4 is 5.43 Å². The number of fused-ring (bicyclic) bond motifs is 2. The topological polar surface area (TPSA) is 50.5 Å². The molecule has 1 atom stereocenters. The first-order chi connectivity index (χ1) is 13.3. The predicted molar refractivity (Wildman–Crippen MR) is 111 cm³/mol. The molecular weight excluding hydrogens is 350 g/mol. The van der Waals surface area contributed by atoms with Crippen LogP contribution in [0.2, 0.25) is 0 Å². The summed E-state index contributed by atoms with van der Waals surface area (Å²) in [5.74, 6) is -0.141. The Labute approximate surface area is 164 Å². The highest BCUT2D eigenvalue weighted by Gasteiger charge is 2.42. The largest absolute Gasteiger partial charge is 0.450 e. The van der Waals surface area contributed by atoms with Gasteiger partial charge in [-0.3, -0.25) is 9.59 Å². The number of amides is 1. The minimum Gasteiger partial charge on any atom is -0.450 e. The Morgan fingerprint density at radius 2 is 1.75 bits per heavy atom. The Hall–Kier alpha value is -3.14. The number of hydrogen-bond donors (Lipinski definition) is 0. The fourth-order valence-corrected chi connectivity index (χ4v) is 3.81. The second-order valence-electron chi connectivity index (χ2n) is 8.19. The quantitative estimate of drug-likeness (QED) is 0.619. The number of carbonyl (C=O) groups excluding carboxylic acids is 1. The summed E-state index contributed by atoms with van der Waals surface area (Å²) in [6.45, 7) is 10.6. The van der Waals surface area contributed by atoms with Crippen LogP contribution in [0.4, 0.5) is 0 Å². The van der Waals surface area contributed by atoms with Crippen LogP contribution in [0.3, 0.4) is 0 Å². The Kier molecular flexibility index (Phi) is 4.22. The summed E-state index contributed by atoms with van der Waals surface area (Å²) in [7, 11) is 0. The van der Waals surface area contributed by atoms with Crippen molar-refractivity contribution in [1.29, 1.82) is 0 Å². The molecule has 4 heteroatoms. The number of benzene rings is 2. The van der Waals surface area contributed by atoms with Gasteiger partial charge in [0.2, 0.25) is 5.76 Å². The first-order valence-corrected chi connectivity index (χ1v) is 9.41. The molecule has 0 fully saturated rings. The summed E-state index contributed by atoms with van der Waals surface area (Å²) in [5.41, 5.74) is 2.81. The van der Waals surface area contributed by atoms with Gasteiger partial charge in [-0.15, -0.1) is 6.58 Å². The minimum absolute atomic E-state index is 0.0258. The zero-order valence-electron chi connectivity index (χ0n) is 16.4. The van der Waals surface area contributed by atoms with Gasteiger partial charge in [-0.25, -0.2) is 0 Å². The first-order valence-electron chi connectivity index (χ1n) is 9.41. The number of para-hydroxylation sites is 1. The highest BCUT2D eigenvalue weighted by Crippen LogP contribution is 2.38. The summed E-state index contributed by atoms with van der Waals surface area (Å²) in [6, 6.07) is 14.7. The van der Waals surface area contributed by atoms with E-state index in [9.17, 15) is 9.59 Å². The third kappa shape index (κ3) is 2.76. The molecule has 4 rings (SSSR count). The molecule has 3 aromatic rings. The van der Waals surface area contributed by atoms with Crippen molar-refractivity contribution >= 4 is 16.9 Å². The van der Waals surface area contributed by atoms with E-state index in [-0.39, 0.29) is 22.5 Å². The molecule has 1 amide bonds. The van der Waals surface area contributed by atoms with Gasteiger partial charge in [0.25, 0.3) is 5.91 Å². The maximum absolute atomic E-state index is 13.3. The van der Waals surface area contributed by atoms with Gasteiger partial charge in [-0.05, 0) is 28.7 Å². The zero-order chi connectivity index (χ0) is 20.1. The Balaban J connectivity index is 1.93. The standard InChI is InChI=1S/C24H23NO3/c1-5-14-25-20(15-10-12-16(13-11-15)24(2,3)4)19-21(26)17-8-6-7-9-18(17)28-22(19)23(25)27/h5-13,20H,1,14H2,2-4H3/t20-/m0/s1. The van der Waals surface area contributed by atoms with Gasteiger partial charge in [0.15, 0.2) is 5.43 Å². The molecule has 1 aliphatic heterocycles. The van der Waals surface area contributed by atoms with E-state index in [2.05, 4.69) is 39.5 Å². The van der Waals surface area contributed by atoms with Crippen molar-refractivity contribution in [2.75, 3.05) is 6.54 Å². The number of hydrogen-bond acceptors (Lipinski definition) is 3. The van der Waals surface area contributed by atoms with Crippen LogP contribution in [-0.4, -0.2) is 17.4 Å². The maximum Gasteiger partial charge on any atom is 0.291 e. The summed E-state index contributed by atoms with van der Waals surface area (Å²) < 4.78 is 5.88. The van der Waals surface area contributed by atoms with Gasteiger partial charge in [0.05, 0.1) is 17.0 Å². The molecule has 0 N–H and O–H groups in total. The van der Waals surface area contributed by atoms with E-state index >= 15 is 0 Å². The fourth-order valence-electron chi connectivity index (χ4n) is 3.81. The molecule has 0 spiro atoms. The molecule has 0 bridgehead atoms. The third-order valence-corrected chi connectivity index (χ3v) is 5.29. The molecule has 0 unspecified atom stereocenters. The molecule has 28 heavy (non-hydrogen) atoms. The van der Waals surface area contributed by atoms with E-state index in [1.807, 2.05) is 12.1 Å². The lowest BCUT2D eigenvalue weighted by molar-refractivity contribution is 0.0748. The SMILES string of the molecule is C=CCN1C(=O)c2oc3ccccc3c(=O)c2[C@@H]1c1ccc(C(C)(C)C)cc1. The molecular formula is C24H23NO3. The second kappa shape index (κ2) is 6.48. The van der Waals surface area contributed by atoms with Crippen LogP contribution in [0.5, 0.6) is 0 Å². The number of rotatable bonds is 3. The van der Waals surface area contributed by atoms with Crippen molar-refractivity contribution in [3.63, 3.8) is 0 Å². The van der Waals surface area contributed by atoms with Crippen molar-refractivity contribution in [2.24, 2.45) is 0 Å². The molecule has 1 aliphatic rings. The molecule has 2 heterocycles. The van der Waals surface area contributed by atoms with Crippen LogP contribution >= 0.6 is 0 Å². The average molecular weight is 373 g/mol. The normalized spacial score (nSPS) is 16.5. The summed E-state index contributed by atoms with van der Waals surface area (Å²) in [4.78, 5) is 27.9. The summed E-state index contributed by atoms with van der Waals surface area (Å²) in [6.07, 6.45) is 1.67. The van der Waals surface area contributed by atoms with Crippen LogP contribution in [0, 0.1) is 0 Å². The summed E-state index contributed by atoms with van der Waals surface area (Å²) in [5, 5.41) is 0.491. The monoisotopic (exact) mass is 373 g/mol.